The molecule has 0 spiro atoms. The molecular weight excluding hydrogens is 420 g/mol. The molecule has 9 nitrogen and oxygen atoms in total. The number of nitrogens with zero attached hydrogens (tertiary/aromatic N) is 3. The van der Waals surface area contributed by atoms with Crippen molar-refractivity contribution in [1.82, 2.24) is 9.88 Å². The molecule has 0 atom stereocenters. The first-order valence-electron chi connectivity index (χ1n) is 9.30. The highest BCUT2D eigenvalue weighted by Crippen LogP contribution is 2.31. The number of ether oxygens (including phenoxy) is 2. The van der Waals surface area contributed by atoms with Crippen LogP contribution in [0, 0.1) is 10.1 Å². The lowest BCUT2D eigenvalue weighted by atomic mass is 10.1. The van der Waals surface area contributed by atoms with Crippen LogP contribution >= 0.6 is 11.3 Å². The summed E-state index contributed by atoms with van der Waals surface area (Å²) in [5.41, 5.74) is 2.08. The first-order valence-corrected chi connectivity index (χ1v) is 10.2. The Labute approximate surface area is 183 Å². The summed E-state index contributed by atoms with van der Waals surface area (Å²) in [5, 5.41) is 15.9. The fourth-order valence-corrected chi connectivity index (χ4v) is 3.81. The molecule has 1 heterocycles. The van der Waals surface area contributed by atoms with Crippen molar-refractivity contribution < 1.29 is 19.2 Å². The topological polar surface area (TPSA) is 107 Å². The zero-order valence-corrected chi connectivity index (χ0v) is 18.1. The molecule has 0 fully saturated rings. The molecule has 0 aliphatic carbocycles. The molecule has 0 aliphatic heterocycles. The van der Waals surface area contributed by atoms with E-state index in [9.17, 15) is 14.9 Å². The number of nitrogens with one attached hydrogen (secondary N) is 1. The van der Waals surface area contributed by atoms with E-state index in [1.54, 1.807) is 31.7 Å². The van der Waals surface area contributed by atoms with E-state index in [4.69, 9.17) is 9.47 Å². The smallest absolute Gasteiger partial charge is 0.270 e. The molecule has 1 N–H and O–H groups in total. The second-order valence-electron chi connectivity index (χ2n) is 6.72. The van der Waals surface area contributed by atoms with Crippen LogP contribution in [0.1, 0.15) is 5.56 Å². The van der Waals surface area contributed by atoms with Crippen molar-refractivity contribution >= 4 is 28.1 Å². The van der Waals surface area contributed by atoms with E-state index in [1.807, 2.05) is 30.1 Å². The maximum Gasteiger partial charge on any atom is 0.270 e. The summed E-state index contributed by atoms with van der Waals surface area (Å²) in [5.74, 6) is 1.05. The Morgan fingerprint density at radius 2 is 2.00 bits per heavy atom. The number of carbonyl (C=O) groups excluding carboxylic acids is 1. The molecule has 0 unspecified atom stereocenters. The summed E-state index contributed by atoms with van der Waals surface area (Å²) in [7, 11) is 4.99. The molecule has 31 heavy (non-hydrogen) atoms. The van der Waals surface area contributed by atoms with Gasteiger partial charge in [0.2, 0.25) is 5.91 Å². The predicted octanol–water partition coefficient (Wildman–Crippen LogP) is 3.81. The number of hydrogen-bond donors (Lipinski definition) is 1. The summed E-state index contributed by atoms with van der Waals surface area (Å²) in [6.45, 7) is 0.636. The van der Waals surface area contributed by atoms with Gasteiger partial charge in [-0.3, -0.25) is 19.8 Å². The molecule has 0 aliphatic rings. The van der Waals surface area contributed by atoms with Crippen molar-refractivity contribution in [2.45, 2.75) is 6.54 Å². The monoisotopic (exact) mass is 442 g/mol. The lowest BCUT2D eigenvalue weighted by molar-refractivity contribution is -0.384. The highest BCUT2D eigenvalue weighted by molar-refractivity contribution is 7.14. The Morgan fingerprint density at radius 3 is 2.71 bits per heavy atom. The van der Waals surface area contributed by atoms with Crippen molar-refractivity contribution in [1.29, 1.82) is 0 Å². The fraction of sp³-hybridized carbons (Fsp3) is 0.238. The normalized spacial score (nSPS) is 10.7. The maximum atomic E-state index is 12.4. The average Bonchev–Trinajstić information content (AvgIpc) is 3.21. The third kappa shape index (κ3) is 5.56. The summed E-state index contributed by atoms with van der Waals surface area (Å²) in [4.78, 5) is 29.2. The molecular formula is C21H22N4O5S. The van der Waals surface area contributed by atoms with Gasteiger partial charge in [0.25, 0.3) is 5.69 Å². The van der Waals surface area contributed by atoms with Gasteiger partial charge in [-0.25, -0.2) is 4.98 Å². The molecule has 1 aromatic heterocycles. The van der Waals surface area contributed by atoms with Crippen LogP contribution in [0.2, 0.25) is 0 Å². The standard InChI is InChI=1S/C21H22N4O5S/c1-24(11-15-7-5-9-18(29-2)20(15)30-3)12-19(26)23-21-22-17(13-31-21)14-6-4-8-16(10-14)25(27)28/h4-10,13H,11-12H2,1-3H3,(H,22,23,26). The minimum Gasteiger partial charge on any atom is -0.493 e. The summed E-state index contributed by atoms with van der Waals surface area (Å²) in [6, 6.07) is 11.8. The number of rotatable bonds is 9. The van der Waals surface area contributed by atoms with Gasteiger partial charge in [0.15, 0.2) is 16.6 Å². The van der Waals surface area contributed by atoms with Gasteiger partial charge in [0.05, 0.1) is 31.4 Å². The number of methoxy groups -OCH3 is 2. The van der Waals surface area contributed by atoms with Crippen LogP contribution in [0.4, 0.5) is 10.8 Å². The van der Waals surface area contributed by atoms with Gasteiger partial charge >= 0.3 is 0 Å². The molecule has 0 bridgehead atoms. The second kappa shape index (κ2) is 10.0. The zero-order valence-electron chi connectivity index (χ0n) is 17.3. The van der Waals surface area contributed by atoms with Crippen molar-refractivity contribution in [3.63, 3.8) is 0 Å². The van der Waals surface area contributed by atoms with E-state index >= 15 is 0 Å². The molecule has 3 aromatic rings. The summed E-state index contributed by atoms with van der Waals surface area (Å²) in [6.07, 6.45) is 0. The number of aromatic nitrogens is 1. The first kappa shape index (κ1) is 22.2. The third-order valence-corrected chi connectivity index (χ3v) is 5.20. The minimum atomic E-state index is -0.453. The van der Waals surface area contributed by atoms with Crippen LogP contribution < -0.4 is 14.8 Å². The number of benzene rings is 2. The van der Waals surface area contributed by atoms with E-state index in [-0.39, 0.29) is 18.1 Å². The third-order valence-electron chi connectivity index (χ3n) is 4.44. The number of carbonyl (C=O) groups is 1. The van der Waals surface area contributed by atoms with E-state index in [2.05, 4.69) is 10.3 Å². The number of nitro groups is 1. The van der Waals surface area contributed by atoms with Crippen LogP contribution in [-0.2, 0) is 11.3 Å². The number of non-ortho nitro benzene ring substituents is 1. The molecule has 3 rings (SSSR count). The lowest BCUT2D eigenvalue weighted by Crippen LogP contribution is -2.30. The van der Waals surface area contributed by atoms with Crippen LogP contribution in [-0.4, -0.2) is 48.5 Å². The number of amides is 1. The number of likely N-dealkylation sites (N-methyl/N-ethyl adjacent to an activating group) is 1. The first-order chi connectivity index (χ1) is 14.9. The quantitative estimate of drug-likeness (QED) is 0.397. The van der Waals surface area contributed by atoms with Gasteiger partial charge in [0.1, 0.15) is 0 Å². The Kier molecular flexibility index (Phi) is 7.16. The van der Waals surface area contributed by atoms with E-state index in [0.717, 1.165) is 5.56 Å². The van der Waals surface area contributed by atoms with Gasteiger partial charge in [-0.15, -0.1) is 11.3 Å². The Hall–Kier alpha value is -3.50. The molecule has 0 saturated carbocycles. The van der Waals surface area contributed by atoms with E-state index in [1.165, 1.54) is 23.5 Å². The largest absolute Gasteiger partial charge is 0.493 e. The molecule has 2 aromatic carbocycles. The molecule has 10 heteroatoms. The maximum absolute atomic E-state index is 12.4. The van der Waals surface area contributed by atoms with Crippen LogP contribution in [0.15, 0.2) is 47.8 Å². The van der Waals surface area contributed by atoms with Crippen LogP contribution in [0.5, 0.6) is 11.5 Å². The van der Waals surface area contributed by atoms with Crippen molar-refractivity contribution in [3.05, 3.63) is 63.5 Å². The van der Waals surface area contributed by atoms with Gasteiger partial charge in [0, 0.05) is 35.2 Å². The minimum absolute atomic E-state index is 0.00863. The summed E-state index contributed by atoms with van der Waals surface area (Å²) < 4.78 is 10.7. The van der Waals surface area contributed by atoms with Crippen molar-refractivity contribution in [2.75, 3.05) is 33.1 Å². The Morgan fingerprint density at radius 1 is 1.23 bits per heavy atom. The average molecular weight is 442 g/mol. The number of para-hydroxylation sites is 1. The highest BCUT2D eigenvalue weighted by atomic mass is 32.1. The lowest BCUT2D eigenvalue weighted by Gasteiger charge is -2.19. The number of nitro benzene ring substituents is 1. The van der Waals surface area contributed by atoms with Crippen LogP contribution in [0.3, 0.4) is 0 Å². The Balaban J connectivity index is 1.62. The van der Waals surface area contributed by atoms with Crippen molar-refractivity contribution in [3.8, 4) is 22.8 Å². The SMILES string of the molecule is COc1cccc(CN(C)CC(=O)Nc2nc(-c3cccc([N+](=O)[O-])c3)cs2)c1OC. The highest BCUT2D eigenvalue weighted by Gasteiger charge is 2.15. The van der Waals surface area contributed by atoms with Gasteiger partial charge < -0.3 is 14.8 Å². The van der Waals surface area contributed by atoms with Gasteiger partial charge in [-0.1, -0.05) is 24.3 Å². The Bertz CT molecular complexity index is 1090. The molecule has 0 saturated heterocycles. The zero-order chi connectivity index (χ0) is 22.4. The summed E-state index contributed by atoms with van der Waals surface area (Å²) >= 11 is 1.26. The van der Waals surface area contributed by atoms with Crippen LogP contribution in [0.25, 0.3) is 11.3 Å². The van der Waals surface area contributed by atoms with Crippen molar-refractivity contribution in [2.24, 2.45) is 0 Å². The molecule has 162 valence electrons. The van der Waals surface area contributed by atoms with E-state index < -0.39 is 4.92 Å². The number of thiazole rings is 1. The molecule has 0 radical (unpaired) electrons. The second-order valence-corrected chi connectivity index (χ2v) is 7.58. The fourth-order valence-electron chi connectivity index (χ4n) is 3.07. The van der Waals surface area contributed by atoms with Gasteiger partial charge in [-0.2, -0.15) is 0 Å². The van der Waals surface area contributed by atoms with Gasteiger partial charge in [-0.05, 0) is 13.1 Å². The predicted molar refractivity (Wildman–Crippen MR) is 119 cm³/mol. The molecule has 1 amide bonds. The number of hydrogen-bond acceptors (Lipinski definition) is 8. The van der Waals surface area contributed by atoms with E-state index in [0.29, 0.717) is 34.4 Å². The number of anilines is 1.